The van der Waals surface area contributed by atoms with Crippen molar-refractivity contribution in [3.63, 3.8) is 0 Å². The van der Waals surface area contributed by atoms with Crippen LogP contribution in [0.3, 0.4) is 0 Å². The third kappa shape index (κ3) is 4.06. The number of ether oxygens (including phenoxy) is 1. The third-order valence-electron chi connectivity index (χ3n) is 3.05. The zero-order valence-electron chi connectivity index (χ0n) is 11.2. The van der Waals surface area contributed by atoms with Crippen LogP contribution in [-0.4, -0.2) is 60.7 Å². The minimum absolute atomic E-state index is 0.0963. The number of anilines is 2. The minimum Gasteiger partial charge on any atom is -0.468 e. The lowest BCUT2D eigenvalue weighted by Gasteiger charge is -2.14. The van der Waals surface area contributed by atoms with Crippen LogP contribution in [0.1, 0.15) is 6.42 Å². The Morgan fingerprint density at radius 1 is 1.53 bits per heavy atom. The Labute approximate surface area is 112 Å². The van der Waals surface area contributed by atoms with Crippen molar-refractivity contribution in [2.75, 3.05) is 44.4 Å². The molecule has 1 aliphatic rings. The summed E-state index contributed by atoms with van der Waals surface area (Å²) in [5, 5.41) is 6.26. The highest BCUT2D eigenvalue weighted by molar-refractivity contribution is 5.74. The molecule has 0 saturated carbocycles. The molecule has 1 atom stereocenters. The van der Waals surface area contributed by atoms with Crippen LogP contribution in [0.4, 0.5) is 11.6 Å². The number of likely N-dealkylation sites (tertiary alicyclic amines) is 1. The molecule has 0 aromatic carbocycles. The van der Waals surface area contributed by atoms with Crippen molar-refractivity contribution < 1.29 is 9.53 Å². The molecule has 7 nitrogen and oxygen atoms in total. The van der Waals surface area contributed by atoms with Gasteiger partial charge in [-0.25, -0.2) is 9.97 Å². The van der Waals surface area contributed by atoms with E-state index in [0.717, 1.165) is 25.3 Å². The van der Waals surface area contributed by atoms with Crippen LogP contribution in [0.5, 0.6) is 0 Å². The average Bonchev–Trinajstić information content (AvgIpc) is 2.82. The molecule has 2 heterocycles. The molecule has 2 rings (SSSR count). The number of nitrogens with one attached hydrogen (secondary N) is 2. The third-order valence-corrected chi connectivity index (χ3v) is 3.05. The first kappa shape index (κ1) is 13.5. The number of hydrogen-bond acceptors (Lipinski definition) is 7. The van der Waals surface area contributed by atoms with Crippen molar-refractivity contribution in [3.8, 4) is 0 Å². The molecule has 1 fully saturated rings. The normalized spacial score (nSPS) is 19.2. The summed E-state index contributed by atoms with van der Waals surface area (Å²) in [7, 11) is 3.46. The molecule has 104 valence electrons. The molecule has 2 N–H and O–H groups in total. The van der Waals surface area contributed by atoms with Crippen LogP contribution >= 0.6 is 0 Å². The van der Waals surface area contributed by atoms with Crippen molar-refractivity contribution in [1.82, 2.24) is 14.9 Å². The number of rotatable bonds is 5. The number of aromatic nitrogens is 2. The van der Waals surface area contributed by atoms with Gasteiger partial charge < -0.3 is 20.3 Å². The Balaban J connectivity index is 1.89. The van der Waals surface area contributed by atoms with Gasteiger partial charge in [0.1, 0.15) is 24.5 Å². The Hall–Kier alpha value is -1.89. The predicted octanol–water partition coefficient (Wildman–Crippen LogP) is 0.178. The molecule has 0 amide bonds. The number of hydrogen-bond donors (Lipinski definition) is 2. The molecule has 19 heavy (non-hydrogen) atoms. The van der Waals surface area contributed by atoms with E-state index in [1.165, 1.54) is 13.4 Å². The second kappa shape index (κ2) is 6.33. The minimum atomic E-state index is -0.328. The van der Waals surface area contributed by atoms with Gasteiger partial charge in [0.05, 0.1) is 7.11 Å². The smallest absolute Gasteiger partial charge is 0.325 e. The first-order chi connectivity index (χ1) is 9.17. The van der Waals surface area contributed by atoms with E-state index in [2.05, 4.69) is 37.3 Å². The fourth-order valence-corrected chi connectivity index (χ4v) is 2.03. The molecule has 0 radical (unpaired) electrons. The summed E-state index contributed by atoms with van der Waals surface area (Å²) >= 11 is 0. The molecule has 0 bridgehead atoms. The van der Waals surface area contributed by atoms with E-state index < -0.39 is 0 Å². The van der Waals surface area contributed by atoms with Crippen molar-refractivity contribution in [2.24, 2.45) is 0 Å². The van der Waals surface area contributed by atoms with Gasteiger partial charge in [-0.15, -0.1) is 0 Å². The number of carbonyl (C=O) groups excluding carboxylic acids is 1. The van der Waals surface area contributed by atoms with Crippen molar-refractivity contribution >= 4 is 17.6 Å². The quantitative estimate of drug-likeness (QED) is 0.735. The Morgan fingerprint density at radius 3 is 3.00 bits per heavy atom. The SMILES string of the molecule is COC(=O)CNc1cc(NC2CCN(C)C2)ncn1. The number of likely N-dealkylation sites (N-methyl/N-ethyl adjacent to an activating group) is 1. The fraction of sp³-hybridized carbons (Fsp3) is 0.583. The van der Waals surface area contributed by atoms with E-state index in [4.69, 9.17) is 0 Å². The number of carbonyl (C=O) groups is 1. The van der Waals surface area contributed by atoms with Gasteiger partial charge in [0.2, 0.25) is 0 Å². The number of esters is 1. The summed E-state index contributed by atoms with van der Waals surface area (Å²) in [5.74, 6) is 1.04. The van der Waals surface area contributed by atoms with Crippen molar-refractivity contribution in [2.45, 2.75) is 12.5 Å². The lowest BCUT2D eigenvalue weighted by Crippen LogP contribution is -2.24. The van der Waals surface area contributed by atoms with Gasteiger partial charge in [-0.3, -0.25) is 4.79 Å². The Bertz CT molecular complexity index is 440. The molecular formula is C12H19N5O2. The first-order valence-electron chi connectivity index (χ1n) is 6.25. The van der Waals surface area contributed by atoms with E-state index in [0.29, 0.717) is 11.9 Å². The molecule has 1 aromatic heterocycles. The molecular weight excluding hydrogens is 246 g/mol. The summed E-state index contributed by atoms with van der Waals surface area (Å²) in [6.07, 6.45) is 2.58. The van der Waals surface area contributed by atoms with Crippen LogP contribution in [0, 0.1) is 0 Å². The lowest BCUT2D eigenvalue weighted by atomic mass is 10.2. The maximum Gasteiger partial charge on any atom is 0.325 e. The summed E-state index contributed by atoms with van der Waals surface area (Å²) in [4.78, 5) is 21.5. The maximum absolute atomic E-state index is 11.0. The van der Waals surface area contributed by atoms with Crippen LogP contribution < -0.4 is 10.6 Å². The molecule has 1 aromatic rings. The molecule has 1 unspecified atom stereocenters. The van der Waals surface area contributed by atoms with Gasteiger partial charge >= 0.3 is 5.97 Å². The fourth-order valence-electron chi connectivity index (χ4n) is 2.03. The number of methoxy groups -OCH3 is 1. The lowest BCUT2D eigenvalue weighted by molar-refractivity contribution is -0.138. The van der Waals surface area contributed by atoms with Gasteiger partial charge in [0, 0.05) is 18.7 Å². The van der Waals surface area contributed by atoms with Crippen molar-refractivity contribution in [1.29, 1.82) is 0 Å². The van der Waals surface area contributed by atoms with E-state index in [9.17, 15) is 4.79 Å². The van der Waals surface area contributed by atoms with Gasteiger partial charge in [0.15, 0.2) is 0 Å². The molecule has 0 spiro atoms. The molecule has 1 aliphatic heterocycles. The van der Waals surface area contributed by atoms with Crippen LogP contribution in [0.15, 0.2) is 12.4 Å². The van der Waals surface area contributed by atoms with E-state index in [1.54, 1.807) is 6.07 Å². The first-order valence-corrected chi connectivity index (χ1v) is 6.25. The standard InChI is InChI=1S/C12H19N5O2/c1-17-4-3-9(7-17)16-11-5-10(14-8-15-11)13-6-12(18)19-2/h5,8-9H,3-4,6-7H2,1-2H3,(H2,13,14,15,16). The highest BCUT2D eigenvalue weighted by Gasteiger charge is 2.19. The summed E-state index contributed by atoms with van der Waals surface area (Å²) in [5.41, 5.74) is 0. The zero-order chi connectivity index (χ0) is 13.7. The highest BCUT2D eigenvalue weighted by atomic mass is 16.5. The summed E-state index contributed by atoms with van der Waals surface area (Å²) in [6.45, 7) is 2.20. The highest BCUT2D eigenvalue weighted by Crippen LogP contribution is 2.14. The van der Waals surface area contributed by atoms with Gasteiger partial charge in [-0.2, -0.15) is 0 Å². The topological polar surface area (TPSA) is 79.4 Å². The number of nitrogens with zero attached hydrogens (tertiary/aromatic N) is 3. The van der Waals surface area contributed by atoms with Gasteiger partial charge in [0.25, 0.3) is 0 Å². The zero-order valence-corrected chi connectivity index (χ0v) is 11.2. The van der Waals surface area contributed by atoms with E-state index in [-0.39, 0.29) is 12.5 Å². The van der Waals surface area contributed by atoms with Crippen molar-refractivity contribution in [3.05, 3.63) is 12.4 Å². The monoisotopic (exact) mass is 265 g/mol. The van der Waals surface area contributed by atoms with E-state index >= 15 is 0 Å². The molecule has 7 heteroatoms. The second-order valence-corrected chi connectivity index (χ2v) is 4.61. The second-order valence-electron chi connectivity index (χ2n) is 4.61. The maximum atomic E-state index is 11.0. The van der Waals surface area contributed by atoms with E-state index in [1.807, 2.05) is 0 Å². The summed E-state index contributed by atoms with van der Waals surface area (Å²) in [6, 6.07) is 2.20. The van der Waals surface area contributed by atoms with Gasteiger partial charge in [-0.05, 0) is 20.0 Å². The van der Waals surface area contributed by atoms with Crippen LogP contribution in [-0.2, 0) is 9.53 Å². The largest absolute Gasteiger partial charge is 0.468 e. The molecule has 1 saturated heterocycles. The summed E-state index contributed by atoms with van der Waals surface area (Å²) < 4.78 is 4.56. The van der Waals surface area contributed by atoms with Crippen LogP contribution in [0.25, 0.3) is 0 Å². The van der Waals surface area contributed by atoms with Crippen LogP contribution in [0.2, 0.25) is 0 Å². The van der Waals surface area contributed by atoms with Gasteiger partial charge in [-0.1, -0.05) is 0 Å². The molecule has 0 aliphatic carbocycles. The predicted molar refractivity (Wildman–Crippen MR) is 72.1 cm³/mol. The Kier molecular flexibility index (Phi) is 4.51. The Morgan fingerprint density at radius 2 is 2.32 bits per heavy atom. The average molecular weight is 265 g/mol.